The molecule has 1 amide bonds. The molecular weight excluding hydrogens is 215 g/mol. The van der Waals surface area contributed by atoms with Crippen molar-refractivity contribution in [1.29, 1.82) is 0 Å². The van der Waals surface area contributed by atoms with Gasteiger partial charge in [-0.25, -0.2) is 4.39 Å². The van der Waals surface area contributed by atoms with Gasteiger partial charge in [-0.3, -0.25) is 4.79 Å². The molecule has 1 rings (SSSR count). The SMILES string of the molecule is CC(=O)Nc1c(O)c(F)c(F)c(F)c1O. The van der Waals surface area contributed by atoms with Gasteiger partial charge < -0.3 is 15.5 Å². The molecule has 0 aromatic heterocycles. The molecule has 0 unspecified atom stereocenters. The van der Waals surface area contributed by atoms with Crippen LogP contribution in [0.4, 0.5) is 18.9 Å². The minimum absolute atomic E-state index is 0.786. The Hall–Kier alpha value is -1.92. The highest BCUT2D eigenvalue weighted by Gasteiger charge is 2.25. The maximum Gasteiger partial charge on any atom is 0.221 e. The summed E-state index contributed by atoms with van der Waals surface area (Å²) in [5, 5.41) is 19.7. The highest BCUT2D eigenvalue weighted by molar-refractivity contribution is 5.92. The average molecular weight is 221 g/mol. The van der Waals surface area contributed by atoms with Crippen LogP contribution in [0.15, 0.2) is 0 Å². The maximum absolute atomic E-state index is 12.8. The molecule has 0 spiro atoms. The number of hydrogen-bond donors (Lipinski definition) is 3. The smallest absolute Gasteiger partial charge is 0.221 e. The summed E-state index contributed by atoms with van der Waals surface area (Å²) in [6.07, 6.45) is 0. The number of phenolic OH excluding ortho intramolecular Hbond substituents is 2. The van der Waals surface area contributed by atoms with Crippen molar-refractivity contribution >= 4 is 11.6 Å². The highest BCUT2D eigenvalue weighted by atomic mass is 19.2. The third kappa shape index (κ3) is 1.80. The number of rotatable bonds is 1. The lowest BCUT2D eigenvalue weighted by atomic mass is 10.2. The Morgan fingerprint density at radius 3 is 1.80 bits per heavy atom. The zero-order valence-corrected chi connectivity index (χ0v) is 7.44. The Kier molecular flexibility index (Phi) is 2.74. The van der Waals surface area contributed by atoms with Gasteiger partial charge >= 0.3 is 0 Å². The monoisotopic (exact) mass is 221 g/mol. The maximum atomic E-state index is 12.8. The number of amides is 1. The summed E-state index contributed by atoms with van der Waals surface area (Å²) in [4.78, 5) is 10.6. The molecule has 1 aromatic rings. The van der Waals surface area contributed by atoms with Crippen molar-refractivity contribution in [3.63, 3.8) is 0 Å². The van der Waals surface area contributed by atoms with E-state index in [1.54, 1.807) is 5.32 Å². The van der Waals surface area contributed by atoms with E-state index < -0.39 is 40.5 Å². The van der Waals surface area contributed by atoms with Crippen molar-refractivity contribution in [3.8, 4) is 11.5 Å². The Morgan fingerprint density at radius 2 is 1.47 bits per heavy atom. The zero-order chi connectivity index (χ0) is 11.7. The predicted octanol–water partition coefficient (Wildman–Crippen LogP) is 1.47. The molecule has 0 heterocycles. The molecule has 4 nitrogen and oxygen atoms in total. The second kappa shape index (κ2) is 3.68. The molecule has 0 aliphatic carbocycles. The summed E-state index contributed by atoms with van der Waals surface area (Å²) >= 11 is 0. The number of benzene rings is 1. The van der Waals surface area contributed by atoms with Gasteiger partial charge in [-0.2, -0.15) is 8.78 Å². The van der Waals surface area contributed by atoms with Crippen molar-refractivity contribution in [1.82, 2.24) is 0 Å². The molecular formula is C8H6F3NO3. The van der Waals surface area contributed by atoms with Crippen LogP contribution in [0.1, 0.15) is 6.92 Å². The fraction of sp³-hybridized carbons (Fsp3) is 0.125. The second-order valence-corrected chi connectivity index (χ2v) is 2.70. The number of halogens is 3. The molecule has 3 N–H and O–H groups in total. The van der Waals surface area contributed by atoms with Gasteiger partial charge in [-0.15, -0.1) is 0 Å². The molecule has 7 heteroatoms. The Bertz CT molecular complexity index is 405. The first-order chi connectivity index (χ1) is 6.86. The summed E-state index contributed by atoms with van der Waals surface area (Å²) in [6, 6.07) is 0. The van der Waals surface area contributed by atoms with Crippen molar-refractivity contribution < 1.29 is 28.2 Å². The molecule has 0 saturated carbocycles. The van der Waals surface area contributed by atoms with Crippen LogP contribution in [-0.2, 0) is 4.79 Å². The number of carbonyl (C=O) groups is 1. The Balaban J connectivity index is 3.45. The zero-order valence-electron chi connectivity index (χ0n) is 7.44. The Labute approximate surface area is 82.0 Å². The number of phenols is 2. The van der Waals surface area contributed by atoms with E-state index in [9.17, 15) is 18.0 Å². The summed E-state index contributed by atoms with van der Waals surface area (Å²) < 4.78 is 38.1. The Morgan fingerprint density at radius 1 is 1.07 bits per heavy atom. The predicted molar refractivity (Wildman–Crippen MR) is 43.9 cm³/mol. The number of nitrogens with one attached hydrogen (secondary N) is 1. The van der Waals surface area contributed by atoms with E-state index in [1.807, 2.05) is 0 Å². The van der Waals surface area contributed by atoms with Crippen molar-refractivity contribution in [2.45, 2.75) is 6.92 Å². The average Bonchev–Trinajstić information content (AvgIpc) is 2.18. The summed E-state index contributed by atoms with van der Waals surface area (Å²) in [5.41, 5.74) is -0.904. The molecule has 0 aliphatic heterocycles. The number of aromatic hydroxyl groups is 2. The van der Waals surface area contributed by atoms with Gasteiger partial charge in [0.05, 0.1) is 0 Å². The summed E-state index contributed by atoms with van der Waals surface area (Å²) in [5.74, 6) is -9.28. The van der Waals surface area contributed by atoms with E-state index in [-0.39, 0.29) is 0 Å². The van der Waals surface area contributed by atoms with E-state index in [1.165, 1.54) is 0 Å². The largest absolute Gasteiger partial charge is 0.503 e. The number of carbonyl (C=O) groups excluding carboxylic acids is 1. The summed E-state index contributed by atoms with van der Waals surface area (Å²) in [6.45, 7) is 0.984. The number of hydrogen-bond acceptors (Lipinski definition) is 3. The standard InChI is InChI=1S/C8H6F3NO3/c1-2(13)12-6-7(14)4(10)3(9)5(11)8(6)15/h14-15H,1H3,(H,12,13). The third-order valence-corrected chi connectivity index (χ3v) is 1.58. The fourth-order valence-electron chi connectivity index (χ4n) is 0.930. The summed E-state index contributed by atoms with van der Waals surface area (Å²) in [7, 11) is 0. The normalized spacial score (nSPS) is 10.1. The van der Waals surface area contributed by atoms with Crippen LogP contribution in [0, 0.1) is 17.5 Å². The van der Waals surface area contributed by atoms with E-state index in [0.29, 0.717) is 0 Å². The van der Waals surface area contributed by atoms with Gasteiger partial charge in [0.1, 0.15) is 5.69 Å². The van der Waals surface area contributed by atoms with Crippen molar-refractivity contribution in [2.24, 2.45) is 0 Å². The van der Waals surface area contributed by atoms with Crippen LogP contribution in [0.2, 0.25) is 0 Å². The molecule has 0 saturated heterocycles. The molecule has 1 aromatic carbocycles. The highest BCUT2D eigenvalue weighted by Crippen LogP contribution is 2.39. The molecule has 0 radical (unpaired) electrons. The van der Waals surface area contributed by atoms with Gasteiger partial charge in [-0.05, 0) is 0 Å². The minimum Gasteiger partial charge on any atom is -0.503 e. The van der Waals surface area contributed by atoms with E-state index in [0.717, 1.165) is 6.92 Å². The minimum atomic E-state index is -2.01. The molecule has 0 fully saturated rings. The fourth-order valence-corrected chi connectivity index (χ4v) is 0.930. The molecule has 0 bridgehead atoms. The van der Waals surface area contributed by atoms with Crippen LogP contribution in [0.5, 0.6) is 11.5 Å². The van der Waals surface area contributed by atoms with Gasteiger partial charge in [0.15, 0.2) is 11.5 Å². The molecule has 0 aliphatic rings. The molecule has 0 atom stereocenters. The van der Waals surface area contributed by atoms with E-state index >= 15 is 0 Å². The first-order valence-corrected chi connectivity index (χ1v) is 3.72. The van der Waals surface area contributed by atoms with Crippen LogP contribution in [0.25, 0.3) is 0 Å². The first-order valence-electron chi connectivity index (χ1n) is 3.72. The topological polar surface area (TPSA) is 69.6 Å². The van der Waals surface area contributed by atoms with Crippen LogP contribution >= 0.6 is 0 Å². The van der Waals surface area contributed by atoms with Gasteiger partial charge in [0.25, 0.3) is 0 Å². The van der Waals surface area contributed by atoms with Gasteiger partial charge in [-0.1, -0.05) is 0 Å². The lowest BCUT2D eigenvalue weighted by Crippen LogP contribution is -2.08. The van der Waals surface area contributed by atoms with E-state index in [2.05, 4.69) is 0 Å². The quantitative estimate of drug-likeness (QED) is 0.496. The lowest BCUT2D eigenvalue weighted by Gasteiger charge is -2.09. The number of anilines is 1. The van der Waals surface area contributed by atoms with E-state index in [4.69, 9.17) is 10.2 Å². The first kappa shape index (κ1) is 11.2. The second-order valence-electron chi connectivity index (χ2n) is 2.70. The molecule has 15 heavy (non-hydrogen) atoms. The lowest BCUT2D eigenvalue weighted by molar-refractivity contribution is -0.114. The van der Waals surface area contributed by atoms with Gasteiger partial charge in [0.2, 0.25) is 23.4 Å². The van der Waals surface area contributed by atoms with Crippen LogP contribution < -0.4 is 5.32 Å². The van der Waals surface area contributed by atoms with Crippen LogP contribution in [0.3, 0.4) is 0 Å². The van der Waals surface area contributed by atoms with Crippen molar-refractivity contribution in [2.75, 3.05) is 5.32 Å². The third-order valence-electron chi connectivity index (χ3n) is 1.58. The van der Waals surface area contributed by atoms with Crippen molar-refractivity contribution in [3.05, 3.63) is 17.5 Å². The van der Waals surface area contributed by atoms with Gasteiger partial charge in [0, 0.05) is 6.92 Å². The molecule has 82 valence electrons. The van der Waals surface area contributed by atoms with Crippen LogP contribution in [-0.4, -0.2) is 16.1 Å².